The lowest BCUT2D eigenvalue weighted by Gasteiger charge is -2.23. The van der Waals surface area contributed by atoms with Crippen molar-refractivity contribution in [1.29, 1.82) is 0 Å². The number of pyridine rings is 1. The molecule has 0 bridgehead atoms. The van der Waals surface area contributed by atoms with Crippen LogP contribution in [0.2, 0.25) is 0 Å². The maximum Gasteiger partial charge on any atom is 0.0510 e. The Labute approximate surface area is 131 Å². The fourth-order valence-electron chi connectivity index (χ4n) is 2.93. The predicted molar refractivity (Wildman–Crippen MR) is 89.6 cm³/mol. The van der Waals surface area contributed by atoms with Gasteiger partial charge in [-0.2, -0.15) is 0 Å². The lowest BCUT2D eigenvalue weighted by Crippen LogP contribution is -2.25. The molecule has 1 aliphatic rings. The van der Waals surface area contributed by atoms with Crippen LogP contribution in [0.15, 0.2) is 47.6 Å². The van der Waals surface area contributed by atoms with Gasteiger partial charge in [0.1, 0.15) is 0 Å². The quantitative estimate of drug-likeness (QED) is 0.843. The lowest BCUT2D eigenvalue weighted by atomic mass is 10.1. The molecule has 0 aliphatic heterocycles. The van der Waals surface area contributed by atoms with E-state index in [1.807, 2.05) is 30.2 Å². The molecule has 0 saturated heterocycles. The summed E-state index contributed by atoms with van der Waals surface area (Å²) in [7, 11) is 0. The van der Waals surface area contributed by atoms with Crippen LogP contribution < -0.4 is 5.73 Å². The summed E-state index contributed by atoms with van der Waals surface area (Å²) >= 11 is 1.88. The molecule has 110 valence electrons. The molecule has 3 rings (SSSR count). The number of nitrogens with zero attached hydrogens (tertiary/aromatic N) is 1. The van der Waals surface area contributed by atoms with Gasteiger partial charge in [0.2, 0.25) is 0 Å². The summed E-state index contributed by atoms with van der Waals surface area (Å²) in [5.41, 5.74) is 10.6. The van der Waals surface area contributed by atoms with E-state index in [-0.39, 0.29) is 11.3 Å². The zero-order valence-electron chi connectivity index (χ0n) is 12.5. The Morgan fingerprint density at radius 2 is 2.10 bits per heavy atom. The summed E-state index contributed by atoms with van der Waals surface area (Å²) in [6, 6.07) is 11.2. The third-order valence-electron chi connectivity index (χ3n) is 4.21. The second-order valence-electron chi connectivity index (χ2n) is 5.68. The molecule has 0 amide bonds. The van der Waals surface area contributed by atoms with Crippen molar-refractivity contribution in [1.82, 2.24) is 4.98 Å². The van der Waals surface area contributed by atoms with E-state index < -0.39 is 0 Å². The third kappa shape index (κ3) is 3.30. The Hall–Kier alpha value is -1.32. The van der Waals surface area contributed by atoms with E-state index in [1.165, 1.54) is 40.8 Å². The minimum Gasteiger partial charge on any atom is -0.326 e. The zero-order valence-corrected chi connectivity index (χ0v) is 13.3. The number of benzene rings is 1. The Morgan fingerprint density at radius 3 is 2.86 bits per heavy atom. The van der Waals surface area contributed by atoms with Gasteiger partial charge in [-0.05, 0) is 60.6 Å². The summed E-state index contributed by atoms with van der Waals surface area (Å²) in [6.45, 7) is 2.15. The Kier molecular flexibility index (Phi) is 4.61. The molecular weight excluding hydrogens is 276 g/mol. The van der Waals surface area contributed by atoms with Crippen LogP contribution in [0.1, 0.15) is 41.7 Å². The van der Waals surface area contributed by atoms with Gasteiger partial charge in [0, 0.05) is 23.3 Å². The summed E-state index contributed by atoms with van der Waals surface area (Å²) in [4.78, 5) is 5.58. The smallest absolute Gasteiger partial charge is 0.0510 e. The summed E-state index contributed by atoms with van der Waals surface area (Å²) in [5, 5.41) is 0.267. The average molecular weight is 298 g/mol. The Balaban J connectivity index is 1.85. The number of rotatable bonds is 5. The van der Waals surface area contributed by atoms with Crippen molar-refractivity contribution >= 4 is 11.8 Å². The first-order valence-electron chi connectivity index (χ1n) is 7.72. The van der Waals surface area contributed by atoms with Crippen LogP contribution >= 0.6 is 11.8 Å². The van der Waals surface area contributed by atoms with Crippen LogP contribution in [0.5, 0.6) is 0 Å². The van der Waals surface area contributed by atoms with Crippen molar-refractivity contribution in [3.05, 3.63) is 59.4 Å². The SMILES string of the molecule is CCC(N)C(Sc1ccc2c(c1)CCC2)c1cccnc1. The van der Waals surface area contributed by atoms with Gasteiger partial charge in [-0.15, -0.1) is 11.8 Å². The molecule has 0 fully saturated rings. The van der Waals surface area contributed by atoms with Crippen LogP contribution in [-0.4, -0.2) is 11.0 Å². The molecule has 3 heteroatoms. The highest BCUT2D eigenvalue weighted by molar-refractivity contribution is 7.99. The van der Waals surface area contributed by atoms with Crippen molar-refractivity contribution in [3.8, 4) is 0 Å². The van der Waals surface area contributed by atoms with Crippen LogP contribution in [0.25, 0.3) is 0 Å². The molecule has 2 atom stereocenters. The predicted octanol–water partition coefficient (Wildman–Crippen LogP) is 4.14. The van der Waals surface area contributed by atoms with Gasteiger partial charge in [0.25, 0.3) is 0 Å². The number of hydrogen-bond acceptors (Lipinski definition) is 3. The van der Waals surface area contributed by atoms with Gasteiger partial charge in [-0.3, -0.25) is 4.98 Å². The minimum absolute atomic E-state index is 0.146. The Bertz CT molecular complexity index is 597. The van der Waals surface area contributed by atoms with Gasteiger partial charge in [-0.25, -0.2) is 0 Å². The molecule has 0 radical (unpaired) electrons. The van der Waals surface area contributed by atoms with E-state index in [0.717, 1.165) is 6.42 Å². The van der Waals surface area contributed by atoms with Crippen LogP contribution in [0, 0.1) is 0 Å². The third-order valence-corrected chi connectivity index (χ3v) is 5.61. The van der Waals surface area contributed by atoms with E-state index in [4.69, 9.17) is 5.73 Å². The highest BCUT2D eigenvalue weighted by Gasteiger charge is 2.21. The molecular formula is C18H22N2S. The van der Waals surface area contributed by atoms with Gasteiger partial charge in [0.15, 0.2) is 0 Å². The second kappa shape index (κ2) is 6.63. The van der Waals surface area contributed by atoms with Crippen molar-refractivity contribution in [2.24, 2.45) is 5.73 Å². The number of hydrogen-bond donors (Lipinski definition) is 1. The maximum absolute atomic E-state index is 6.36. The first-order chi connectivity index (χ1) is 10.3. The topological polar surface area (TPSA) is 38.9 Å². The number of aryl methyl sites for hydroxylation is 2. The highest BCUT2D eigenvalue weighted by Crippen LogP contribution is 2.39. The lowest BCUT2D eigenvalue weighted by molar-refractivity contribution is 0.633. The second-order valence-corrected chi connectivity index (χ2v) is 6.90. The fraction of sp³-hybridized carbons (Fsp3) is 0.389. The van der Waals surface area contributed by atoms with Gasteiger partial charge < -0.3 is 5.73 Å². The van der Waals surface area contributed by atoms with E-state index in [0.29, 0.717) is 0 Å². The normalized spacial score (nSPS) is 16.5. The number of nitrogens with two attached hydrogens (primary N) is 1. The molecule has 2 nitrogen and oxygen atoms in total. The number of aromatic nitrogens is 1. The van der Waals surface area contributed by atoms with Crippen LogP contribution in [-0.2, 0) is 12.8 Å². The standard InChI is InChI=1S/C18H22N2S/c1-2-17(19)18(15-7-4-10-20-12-15)21-16-9-8-13-5-3-6-14(13)11-16/h4,7-12,17-18H,2-3,5-6,19H2,1H3. The van der Waals surface area contributed by atoms with Crippen molar-refractivity contribution in [2.75, 3.05) is 0 Å². The van der Waals surface area contributed by atoms with Gasteiger partial charge in [-0.1, -0.05) is 19.1 Å². The first-order valence-corrected chi connectivity index (χ1v) is 8.60. The summed E-state index contributed by atoms with van der Waals surface area (Å²) in [5.74, 6) is 0. The van der Waals surface area contributed by atoms with E-state index in [9.17, 15) is 0 Å². The van der Waals surface area contributed by atoms with E-state index in [1.54, 1.807) is 0 Å². The molecule has 1 heterocycles. The number of fused-ring (bicyclic) bond motifs is 1. The van der Waals surface area contributed by atoms with Gasteiger partial charge >= 0.3 is 0 Å². The van der Waals surface area contributed by atoms with Crippen molar-refractivity contribution in [3.63, 3.8) is 0 Å². The molecule has 2 aromatic rings. The summed E-state index contributed by atoms with van der Waals surface area (Å²) in [6.07, 6.45) is 8.49. The molecule has 1 aromatic heterocycles. The van der Waals surface area contributed by atoms with Crippen LogP contribution in [0.3, 0.4) is 0 Å². The fourth-order valence-corrected chi connectivity index (χ4v) is 4.22. The average Bonchev–Trinajstić information content (AvgIpc) is 3.00. The summed E-state index contributed by atoms with van der Waals surface area (Å²) < 4.78 is 0. The molecule has 1 aromatic carbocycles. The zero-order chi connectivity index (χ0) is 14.7. The van der Waals surface area contributed by atoms with Gasteiger partial charge in [0.05, 0.1) is 5.25 Å². The maximum atomic E-state index is 6.36. The Morgan fingerprint density at radius 1 is 1.24 bits per heavy atom. The van der Waals surface area contributed by atoms with E-state index >= 15 is 0 Å². The van der Waals surface area contributed by atoms with Crippen molar-refractivity contribution < 1.29 is 0 Å². The monoisotopic (exact) mass is 298 g/mol. The molecule has 21 heavy (non-hydrogen) atoms. The minimum atomic E-state index is 0.146. The van der Waals surface area contributed by atoms with Crippen molar-refractivity contribution in [2.45, 2.75) is 48.8 Å². The molecule has 0 spiro atoms. The molecule has 0 saturated carbocycles. The highest BCUT2D eigenvalue weighted by atomic mass is 32.2. The molecule has 2 unspecified atom stereocenters. The van der Waals surface area contributed by atoms with E-state index in [2.05, 4.69) is 36.2 Å². The molecule has 2 N–H and O–H groups in total. The first kappa shape index (κ1) is 14.6. The number of thioether (sulfide) groups is 1. The largest absolute Gasteiger partial charge is 0.326 e. The molecule has 1 aliphatic carbocycles. The van der Waals surface area contributed by atoms with Crippen LogP contribution in [0.4, 0.5) is 0 Å².